The number of benzene rings is 6. The van der Waals surface area contributed by atoms with E-state index < -0.39 is 0 Å². The Kier molecular flexibility index (Phi) is 7.38. The van der Waals surface area contributed by atoms with Crippen LogP contribution in [0.15, 0.2) is 170 Å². The topological polar surface area (TPSA) is 55.0 Å². The van der Waals surface area contributed by atoms with Crippen LogP contribution < -0.4 is 10.6 Å². The number of nitrogens with zero attached hydrogens (tertiary/aromatic N) is 3. The van der Waals surface area contributed by atoms with Crippen LogP contribution in [0.25, 0.3) is 44.9 Å². The fourth-order valence-electron chi connectivity index (χ4n) is 5.50. The van der Waals surface area contributed by atoms with Gasteiger partial charge in [-0.05, 0) is 76.9 Å². The van der Waals surface area contributed by atoms with Gasteiger partial charge in [-0.3, -0.25) is 0 Å². The van der Waals surface area contributed by atoms with Crippen molar-refractivity contribution in [3.63, 3.8) is 0 Å². The van der Waals surface area contributed by atoms with Gasteiger partial charge in [-0.25, -0.2) is 9.97 Å². The Morgan fingerprint density at radius 2 is 0.955 bits per heavy atom. The Hall–Kier alpha value is -6.00. The summed E-state index contributed by atoms with van der Waals surface area (Å²) in [5, 5.41) is 0. The highest BCUT2D eigenvalue weighted by Crippen LogP contribution is 2.36. The number of aromatic nitrogens is 2. The predicted molar refractivity (Wildman–Crippen MR) is 183 cm³/mol. The van der Waals surface area contributed by atoms with Gasteiger partial charge in [-0.15, -0.1) is 0 Å². The third-order valence-electron chi connectivity index (χ3n) is 7.69. The molecule has 0 atom stereocenters. The summed E-state index contributed by atoms with van der Waals surface area (Å²) >= 11 is 0. The van der Waals surface area contributed by atoms with Crippen molar-refractivity contribution in [1.82, 2.24) is 9.97 Å². The molecule has 0 saturated heterocycles. The Balaban J connectivity index is 1.17. The van der Waals surface area contributed by atoms with Crippen molar-refractivity contribution in [2.24, 2.45) is 0 Å². The zero-order chi connectivity index (χ0) is 29.7. The highest BCUT2D eigenvalue weighted by molar-refractivity contribution is 5.84. The lowest BCUT2D eigenvalue weighted by Gasteiger charge is -2.25. The standard InChI is InChI=1S/C40H30N4/c41-33-22-25-37(31-10-4-1-5-11-31)38(28-33)40-42-27-26-39(43-40)32-18-16-29(17-19-32)30-20-23-36(24-21-30)44(34-12-6-2-7-13-34)35-14-8-3-9-15-35/h1-28H,41H2. The van der Waals surface area contributed by atoms with E-state index in [1.165, 1.54) is 0 Å². The molecule has 7 rings (SSSR count). The molecule has 0 aliphatic heterocycles. The Morgan fingerprint density at radius 1 is 0.432 bits per heavy atom. The van der Waals surface area contributed by atoms with Crippen LogP contribution in [0.2, 0.25) is 0 Å². The Labute approximate surface area is 257 Å². The minimum Gasteiger partial charge on any atom is -0.399 e. The molecule has 7 aromatic rings. The molecule has 0 aliphatic rings. The first-order chi connectivity index (χ1) is 21.7. The molecule has 1 aromatic heterocycles. The lowest BCUT2D eigenvalue weighted by Crippen LogP contribution is -2.09. The van der Waals surface area contributed by atoms with E-state index in [2.05, 4.69) is 119 Å². The number of anilines is 4. The van der Waals surface area contributed by atoms with E-state index in [-0.39, 0.29) is 0 Å². The second-order valence-corrected chi connectivity index (χ2v) is 10.6. The monoisotopic (exact) mass is 566 g/mol. The molecule has 0 bridgehead atoms. The largest absolute Gasteiger partial charge is 0.399 e. The summed E-state index contributed by atoms with van der Waals surface area (Å²) < 4.78 is 0. The third-order valence-corrected chi connectivity index (χ3v) is 7.69. The molecule has 0 saturated carbocycles. The van der Waals surface area contributed by atoms with Gasteiger partial charge in [-0.1, -0.05) is 109 Å². The highest BCUT2D eigenvalue weighted by atomic mass is 15.1. The van der Waals surface area contributed by atoms with Crippen LogP contribution in [-0.2, 0) is 0 Å². The Bertz CT molecular complexity index is 1950. The summed E-state index contributed by atoms with van der Waals surface area (Å²) in [6.45, 7) is 0. The summed E-state index contributed by atoms with van der Waals surface area (Å²) in [6.07, 6.45) is 1.81. The normalized spacial score (nSPS) is 10.8. The van der Waals surface area contributed by atoms with Gasteiger partial charge in [0.15, 0.2) is 5.82 Å². The number of hydrogen-bond donors (Lipinski definition) is 1. The summed E-state index contributed by atoms with van der Waals surface area (Å²) in [6, 6.07) is 56.2. The third kappa shape index (κ3) is 5.57. The fourth-order valence-corrected chi connectivity index (χ4v) is 5.50. The molecule has 210 valence electrons. The average Bonchev–Trinajstić information content (AvgIpc) is 3.10. The van der Waals surface area contributed by atoms with Crippen molar-refractivity contribution in [1.29, 1.82) is 0 Å². The minimum atomic E-state index is 0.648. The number of rotatable bonds is 7. The van der Waals surface area contributed by atoms with Crippen molar-refractivity contribution in [3.8, 4) is 44.9 Å². The van der Waals surface area contributed by atoms with Crippen LogP contribution in [0, 0.1) is 0 Å². The summed E-state index contributed by atoms with van der Waals surface area (Å²) in [4.78, 5) is 11.8. The SMILES string of the molecule is Nc1ccc(-c2ccccc2)c(-c2nccc(-c3ccc(-c4ccc(N(c5ccccc5)c5ccccc5)cc4)cc3)n2)c1. The average molecular weight is 567 g/mol. The molecule has 2 N–H and O–H groups in total. The highest BCUT2D eigenvalue weighted by Gasteiger charge is 2.14. The Morgan fingerprint density at radius 3 is 1.57 bits per heavy atom. The quantitative estimate of drug-likeness (QED) is 0.195. The maximum Gasteiger partial charge on any atom is 0.160 e. The fraction of sp³-hybridized carbons (Fsp3) is 0. The first kappa shape index (κ1) is 26.9. The van der Waals surface area contributed by atoms with Crippen LogP contribution in [0.3, 0.4) is 0 Å². The van der Waals surface area contributed by atoms with Gasteiger partial charge < -0.3 is 10.6 Å². The first-order valence-electron chi connectivity index (χ1n) is 14.6. The smallest absolute Gasteiger partial charge is 0.160 e. The van der Waals surface area contributed by atoms with E-state index in [9.17, 15) is 0 Å². The molecule has 1 heterocycles. The van der Waals surface area contributed by atoms with Crippen molar-refractivity contribution in [2.45, 2.75) is 0 Å². The van der Waals surface area contributed by atoms with Crippen LogP contribution in [-0.4, -0.2) is 9.97 Å². The van der Waals surface area contributed by atoms with Gasteiger partial charge in [0.05, 0.1) is 5.69 Å². The number of nitrogens with two attached hydrogens (primary N) is 1. The van der Waals surface area contributed by atoms with Gasteiger partial charge in [0.2, 0.25) is 0 Å². The molecular weight excluding hydrogens is 536 g/mol. The van der Waals surface area contributed by atoms with Gasteiger partial charge in [0.25, 0.3) is 0 Å². The molecule has 4 heteroatoms. The molecule has 44 heavy (non-hydrogen) atoms. The molecule has 0 radical (unpaired) electrons. The summed E-state index contributed by atoms with van der Waals surface area (Å²) in [7, 11) is 0. The van der Waals surface area contributed by atoms with E-state index in [0.717, 1.165) is 56.1 Å². The second-order valence-electron chi connectivity index (χ2n) is 10.6. The number of nitrogen functional groups attached to an aromatic ring is 1. The molecule has 6 aromatic carbocycles. The lowest BCUT2D eigenvalue weighted by atomic mass is 9.98. The van der Waals surface area contributed by atoms with Crippen LogP contribution >= 0.6 is 0 Å². The number of hydrogen-bond acceptors (Lipinski definition) is 4. The zero-order valence-corrected chi connectivity index (χ0v) is 24.1. The van der Waals surface area contributed by atoms with E-state index in [0.29, 0.717) is 11.5 Å². The van der Waals surface area contributed by atoms with Crippen LogP contribution in [0.1, 0.15) is 0 Å². The molecule has 0 amide bonds. The van der Waals surface area contributed by atoms with Crippen LogP contribution in [0.5, 0.6) is 0 Å². The number of para-hydroxylation sites is 2. The maximum absolute atomic E-state index is 6.19. The molecule has 0 spiro atoms. The van der Waals surface area contributed by atoms with Gasteiger partial charge in [0.1, 0.15) is 0 Å². The van der Waals surface area contributed by atoms with E-state index in [4.69, 9.17) is 10.7 Å². The van der Waals surface area contributed by atoms with Crippen molar-refractivity contribution in [2.75, 3.05) is 10.6 Å². The lowest BCUT2D eigenvalue weighted by molar-refractivity contribution is 1.18. The van der Waals surface area contributed by atoms with Gasteiger partial charge in [0, 0.05) is 40.1 Å². The van der Waals surface area contributed by atoms with Crippen molar-refractivity contribution < 1.29 is 0 Å². The molecule has 0 fully saturated rings. The molecule has 4 nitrogen and oxygen atoms in total. The molecular formula is C40H30N4. The van der Waals surface area contributed by atoms with Gasteiger partial charge >= 0.3 is 0 Å². The van der Waals surface area contributed by atoms with E-state index in [1.807, 2.05) is 60.8 Å². The summed E-state index contributed by atoms with van der Waals surface area (Å²) in [5.74, 6) is 0.648. The van der Waals surface area contributed by atoms with E-state index in [1.54, 1.807) is 0 Å². The zero-order valence-electron chi connectivity index (χ0n) is 24.1. The van der Waals surface area contributed by atoms with Crippen molar-refractivity contribution in [3.05, 3.63) is 170 Å². The summed E-state index contributed by atoms with van der Waals surface area (Å²) in [5.41, 5.74) is 17.5. The van der Waals surface area contributed by atoms with Crippen LogP contribution in [0.4, 0.5) is 22.7 Å². The first-order valence-corrected chi connectivity index (χ1v) is 14.6. The van der Waals surface area contributed by atoms with Crippen molar-refractivity contribution >= 4 is 22.7 Å². The molecule has 0 aliphatic carbocycles. The second kappa shape index (κ2) is 12.1. The predicted octanol–water partition coefficient (Wildman–Crippen LogP) is 10.2. The minimum absolute atomic E-state index is 0.648. The van der Waals surface area contributed by atoms with Gasteiger partial charge in [-0.2, -0.15) is 0 Å². The molecule has 0 unspecified atom stereocenters. The van der Waals surface area contributed by atoms with E-state index >= 15 is 0 Å². The maximum atomic E-state index is 6.19.